The van der Waals surface area contributed by atoms with Crippen LogP contribution in [0, 0.1) is 47.3 Å². The summed E-state index contributed by atoms with van der Waals surface area (Å²) in [6.07, 6.45) is 0. The van der Waals surface area contributed by atoms with Gasteiger partial charge in [0, 0.05) is 22.4 Å². The molecule has 0 aromatic rings. The third-order valence-electron chi connectivity index (χ3n) is 5.33. The SMILES string of the molecule is C12C3C4C1C1C2C3C41.[Au]. The standard InChI is InChI=1S/C8H8.Au/c1-2-5-3(1)7-4(1)6(2)8(5)7;/h1-8H;. The first-order valence-corrected chi connectivity index (χ1v) is 4.00. The first-order chi connectivity index (χ1) is 4.00. The van der Waals surface area contributed by atoms with Gasteiger partial charge in [-0.25, -0.2) is 0 Å². The fourth-order valence-corrected chi connectivity index (χ4v) is 5.29. The molecule has 0 unspecified atom stereocenters. The van der Waals surface area contributed by atoms with E-state index in [4.69, 9.17) is 0 Å². The van der Waals surface area contributed by atoms with Gasteiger partial charge in [-0.3, -0.25) is 0 Å². The average molecular weight is 301 g/mol. The maximum Gasteiger partial charge on any atom is 0 e. The summed E-state index contributed by atoms with van der Waals surface area (Å²) < 4.78 is 0. The molecule has 6 fully saturated rings. The third-order valence-corrected chi connectivity index (χ3v) is 5.33. The minimum Gasteiger partial charge on any atom is -0.0312 e. The van der Waals surface area contributed by atoms with Crippen molar-refractivity contribution < 1.29 is 22.4 Å². The molecule has 0 spiro atoms. The van der Waals surface area contributed by atoms with Crippen LogP contribution in [-0.2, 0) is 22.4 Å². The van der Waals surface area contributed by atoms with E-state index in [1.54, 1.807) is 0 Å². The fourth-order valence-electron chi connectivity index (χ4n) is 5.29. The predicted molar refractivity (Wildman–Crippen MR) is 27.9 cm³/mol. The topological polar surface area (TPSA) is 0 Å². The molecule has 1 radical (unpaired) electrons. The molecule has 0 amide bonds. The van der Waals surface area contributed by atoms with E-state index in [1.165, 1.54) is 47.3 Å². The van der Waals surface area contributed by atoms with Crippen LogP contribution >= 0.6 is 0 Å². The second-order valence-corrected chi connectivity index (χ2v) is 4.62. The molecule has 0 atom stereocenters. The summed E-state index contributed by atoms with van der Waals surface area (Å²) in [5.74, 6) is 10.7. The van der Waals surface area contributed by atoms with Gasteiger partial charge in [0.1, 0.15) is 0 Å². The molecule has 0 saturated heterocycles. The summed E-state index contributed by atoms with van der Waals surface area (Å²) in [5, 5.41) is 0. The predicted octanol–water partition coefficient (Wildman–Crippen LogP) is 0.982. The van der Waals surface area contributed by atoms with E-state index < -0.39 is 0 Å². The van der Waals surface area contributed by atoms with Crippen LogP contribution in [0.2, 0.25) is 0 Å². The molecule has 6 aliphatic carbocycles. The molecule has 6 saturated carbocycles. The molecular weight excluding hydrogens is 293 g/mol. The van der Waals surface area contributed by atoms with Gasteiger partial charge in [0.05, 0.1) is 0 Å². The molecule has 51 valence electrons. The third kappa shape index (κ3) is 0.167. The van der Waals surface area contributed by atoms with E-state index >= 15 is 0 Å². The van der Waals surface area contributed by atoms with E-state index in [0.29, 0.717) is 0 Å². The summed E-state index contributed by atoms with van der Waals surface area (Å²) in [6.45, 7) is 0. The minimum absolute atomic E-state index is 0. The summed E-state index contributed by atoms with van der Waals surface area (Å²) >= 11 is 0. The van der Waals surface area contributed by atoms with E-state index in [0.717, 1.165) is 0 Å². The van der Waals surface area contributed by atoms with Gasteiger partial charge in [-0.1, -0.05) is 0 Å². The first-order valence-electron chi connectivity index (χ1n) is 4.00. The van der Waals surface area contributed by atoms with Crippen molar-refractivity contribution >= 4 is 0 Å². The quantitative estimate of drug-likeness (QED) is 0.585. The summed E-state index contributed by atoms with van der Waals surface area (Å²) in [5.41, 5.74) is 0. The van der Waals surface area contributed by atoms with Crippen LogP contribution in [-0.4, -0.2) is 0 Å². The van der Waals surface area contributed by atoms with Crippen LogP contribution in [0.25, 0.3) is 0 Å². The smallest absolute Gasteiger partial charge is 0 e. The van der Waals surface area contributed by atoms with E-state index in [2.05, 4.69) is 0 Å². The van der Waals surface area contributed by atoms with Gasteiger partial charge >= 0.3 is 0 Å². The van der Waals surface area contributed by atoms with Crippen molar-refractivity contribution in [2.24, 2.45) is 47.3 Å². The Bertz CT molecular complexity index is 115. The Morgan fingerprint density at radius 2 is 0.444 bits per heavy atom. The largest absolute Gasteiger partial charge is 0.0312 e. The molecule has 0 aromatic heterocycles. The van der Waals surface area contributed by atoms with Gasteiger partial charge in [-0.05, 0) is 47.3 Å². The van der Waals surface area contributed by atoms with Crippen molar-refractivity contribution in [3.63, 3.8) is 0 Å². The van der Waals surface area contributed by atoms with E-state index in [1.807, 2.05) is 0 Å². The Morgan fingerprint density at radius 3 is 0.556 bits per heavy atom. The minimum atomic E-state index is 0. The van der Waals surface area contributed by atoms with Gasteiger partial charge in [-0.15, -0.1) is 0 Å². The van der Waals surface area contributed by atoms with Crippen molar-refractivity contribution in [2.45, 2.75) is 0 Å². The fraction of sp³-hybridized carbons (Fsp3) is 1.00. The van der Waals surface area contributed by atoms with Crippen molar-refractivity contribution in [3.05, 3.63) is 0 Å². The Morgan fingerprint density at radius 1 is 0.333 bits per heavy atom. The van der Waals surface area contributed by atoms with E-state index in [9.17, 15) is 0 Å². The second-order valence-electron chi connectivity index (χ2n) is 4.62. The Labute approximate surface area is 69.9 Å². The zero-order valence-corrected chi connectivity index (χ0v) is 7.09. The average Bonchev–Trinajstić information content (AvgIpc) is 1.90. The van der Waals surface area contributed by atoms with Crippen LogP contribution < -0.4 is 0 Å². The van der Waals surface area contributed by atoms with Crippen LogP contribution in [0.3, 0.4) is 0 Å². The normalized spacial score (nSPS) is 96.0. The summed E-state index contributed by atoms with van der Waals surface area (Å²) in [6, 6.07) is 0. The molecule has 1 heteroatoms. The number of hydrogen-bond donors (Lipinski definition) is 0. The Balaban J connectivity index is 0.000000288. The summed E-state index contributed by atoms with van der Waals surface area (Å²) in [7, 11) is 0. The molecule has 6 rings (SSSR count). The van der Waals surface area contributed by atoms with Crippen molar-refractivity contribution in [1.29, 1.82) is 0 Å². The second kappa shape index (κ2) is 0.856. The Kier molecular flexibility index (Phi) is 0.436. The first kappa shape index (κ1) is 4.58. The zero-order chi connectivity index (χ0) is 4.62. The van der Waals surface area contributed by atoms with Gasteiger partial charge in [-0.2, -0.15) is 0 Å². The molecule has 0 aliphatic heterocycles. The van der Waals surface area contributed by atoms with Gasteiger partial charge in [0.15, 0.2) is 0 Å². The zero-order valence-electron chi connectivity index (χ0n) is 4.92. The van der Waals surface area contributed by atoms with Crippen LogP contribution in [0.1, 0.15) is 0 Å². The molecular formula is C8H8Au. The molecule has 0 aromatic carbocycles. The van der Waals surface area contributed by atoms with E-state index in [-0.39, 0.29) is 22.4 Å². The Hall–Kier alpha value is 0.740. The van der Waals surface area contributed by atoms with Crippen LogP contribution in [0.4, 0.5) is 0 Å². The van der Waals surface area contributed by atoms with Crippen molar-refractivity contribution in [1.82, 2.24) is 0 Å². The van der Waals surface area contributed by atoms with Crippen LogP contribution in [0.5, 0.6) is 0 Å². The van der Waals surface area contributed by atoms with Crippen molar-refractivity contribution in [3.8, 4) is 0 Å². The molecule has 0 N–H and O–H groups in total. The van der Waals surface area contributed by atoms with Crippen LogP contribution in [0.15, 0.2) is 0 Å². The van der Waals surface area contributed by atoms with Gasteiger partial charge in [0.25, 0.3) is 0 Å². The maximum atomic E-state index is 1.33. The summed E-state index contributed by atoms with van der Waals surface area (Å²) in [4.78, 5) is 0. The monoisotopic (exact) mass is 301 g/mol. The number of hydrogen-bond acceptors (Lipinski definition) is 0. The number of rotatable bonds is 0. The molecule has 9 heavy (non-hydrogen) atoms. The van der Waals surface area contributed by atoms with Gasteiger partial charge < -0.3 is 0 Å². The molecule has 0 bridgehead atoms. The van der Waals surface area contributed by atoms with Gasteiger partial charge in [0.2, 0.25) is 0 Å². The molecule has 6 aliphatic rings. The van der Waals surface area contributed by atoms with Crippen molar-refractivity contribution in [2.75, 3.05) is 0 Å². The molecule has 0 heterocycles. The molecule has 0 nitrogen and oxygen atoms in total. The maximum absolute atomic E-state index is 1.33.